The summed E-state index contributed by atoms with van der Waals surface area (Å²) in [6.45, 7) is 0. The standard InChI is InChI=1S/C12H5Cl2N3O3/c13-10-2-1-9(4-11(10)14)20-12-7(5-15)3-8(6-16-12)17(18)19/h1-4,6H. The fourth-order valence-corrected chi connectivity index (χ4v) is 1.64. The number of pyridine rings is 1. The number of hydrogen-bond acceptors (Lipinski definition) is 5. The largest absolute Gasteiger partial charge is 0.438 e. The van der Waals surface area contributed by atoms with Crippen LogP contribution in [0, 0.1) is 21.4 Å². The highest BCUT2D eigenvalue weighted by Gasteiger charge is 2.14. The third-order valence-corrected chi connectivity index (χ3v) is 3.01. The summed E-state index contributed by atoms with van der Waals surface area (Å²) in [7, 11) is 0. The van der Waals surface area contributed by atoms with Crippen LogP contribution in [0.5, 0.6) is 11.6 Å². The molecule has 20 heavy (non-hydrogen) atoms. The highest BCUT2D eigenvalue weighted by Crippen LogP contribution is 2.30. The van der Waals surface area contributed by atoms with Gasteiger partial charge in [-0.25, -0.2) is 4.98 Å². The highest BCUT2D eigenvalue weighted by atomic mass is 35.5. The lowest BCUT2D eigenvalue weighted by atomic mass is 10.2. The van der Waals surface area contributed by atoms with Crippen molar-refractivity contribution in [2.24, 2.45) is 0 Å². The van der Waals surface area contributed by atoms with Gasteiger partial charge in [0.1, 0.15) is 23.6 Å². The van der Waals surface area contributed by atoms with Crippen LogP contribution in [-0.4, -0.2) is 9.91 Å². The molecule has 0 N–H and O–H groups in total. The van der Waals surface area contributed by atoms with Crippen LogP contribution < -0.4 is 4.74 Å². The van der Waals surface area contributed by atoms with E-state index in [9.17, 15) is 10.1 Å². The molecular weight excluding hydrogens is 305 g/mol. The number of nitro groups is 1. The van der Waals surface area contributed by atoms with Crippen LogP contribution in [0.4, 0.5) is 5.69 Å². The van der Waals surface area contributed by atoms with Crippen molar-refractivity contribution in [1.29, 1.82) is 5.26 Å². The summed E-state index contributed by atoms with van der Waals surface area (Å²) in [5.74, 6) is 0.272. The lowest BCUT2D eigenvalue weighted by Gasteiger charge is -2.06. The summed E-state index contributed by atoms with van der Waals surface area (Å²) < 4.78 is 5.37. The Morgan fingerprint density at radius 3 is 2.65 bits per heavy atom. The van der Waals surface area contributed by atoms with E-state index in [1.807, 2.05) is 0 Å². The van der Waals surface area contributed by atoms with Gasteiger partial charge in [-0.15, -0.1) is 0 Å². The maximum absolute atomic E-state index is 10.6. The van der Waals surface area contributed by atoms with Crippen molar-refractivity contribution in [2.45, 2.75) is 0 Å². The third kappa shape index (κ3) is 2.96. The minimum atomic E-state index is -0.642. The number of aromatic nitrogens is 1. The van der Waals surface area contributed by atoms with Crippen LogP contribution in [0.2, 0.25) is 10.0 Å². The van der Waals surface area contributed by atoms with E-state index in [0.29, 0.717) is 10.8 Å². The van der Waals surface area contributed by atoms with Gasteiger partial charge in [-0.2, -0.15) is 5.26 Å². The van der Waals surface area contributed by atoms with Crippen molar-refractivity contribution in [1.82, 2.24) is 4.98 Å². The minimum Gasteiger partial charge on any atom is -0.438 e. The SMILES string of the molecule is N#Cc1cc([N+](=O)[O-])cnc1Oc1ccc(Cl)c(Cl)c1. The quantitative estimate of drug-likeness (QED) is 0.632. The lowest BCUT2D eigenvalue weighted by molar-refractivity contribution is -0.385. The molecule has 0 aliphatic rings. The molecule has 0 aliphatic carbocycles. The van der Waals surface area contributed by atoms with E-state index in [1.165, 1.54) is 12.1 Å². The Balaban J connectivity index is 2.36. The first-order valence-corrected chi connectivity index (χ1v) is 5.94. The summed E-state index contributed by atoms with van der Waals surface area (Å²) >= 11 is 11.6. The van der Waals surface area contributed by atoms with Gasteiger partial charge in [-0.3, -0.25) is 10.1 Å². The summed E-state index contributed by atoms with van der Waals surface area (Å²) in [6.07, 6.45) is 1.01. The van der Waals surface area contributed by atoms with Crippen molar-refractivity contribution < 1.29 is 9.66 Å². The second-order valence-electron chi connectivity index (χ2n) is 3.59. The second kappa shape index (κ2) is 5.74. The first-order valence-electron chi connectivity index (χ1n) is 5.18. The zero-order valence-electron chi connectivity index (χ0n) is 9.71. The van der Waals surface area contributed by atoms with Crippen molar-refractivity contribution in [3.8, 4) is 17.7 Å². The monoisotopic (exact) mass is 309 g/mol. The zero-order valence-corrected chi connectivity index (χ0v) is 11.2. The van der Waals surface area contributed by atoms with Crippen LogP contribution >= 0.6 is 23.2 Å². The molecule has 0 unspecified atom stereocenters. The van der Waals surface area contributed by atoms with Crippen molar-refractivity contribution in [3.05, 3.63) is 56.2 Å². The smallest absolute Gasteiger partial charge is 0.289 e. The van der Waals surface area contributed by atoms with Crippen molar-refractivity contribution in [2.75, 3.05) is 0 Å². The molecule has 0 spiro atoms. The van der Waals surface area contributed by atoms with Gasteiger partial charge in [-0.05, 0) is 12.1 Å². The predicted molar refractivity (Wildman–Crippen MR) is 72.1 cm³/mol. The molecule has 6 nitrogen and oxygen atoms in total. The highest BCUT2D eigenvalue weighted by molar-refractivity contribution is 6.42. The molecule has 0 amide bonds. The first kappa shape index (κ1) is 14.1. The van der Waals surface area contributed by atoms with E-state index in [2.05, 4.69) is 4.98 Å². The number of nitrogens with zero attached hydrogens (tertiary/aromatic N) is 3. The van der Waals surface area contributed by atoms with E-state index in [1.54, 1.807) is 12.1 Å². The molecule has 2 aromatic rings. The van der Waals surface area contributed by atoms with Gasteiger partial charge in [0.05, 0.1) is 15.0 Å². The molecule has 0 atom stereocenters. The van der Waals surface area contributed by atoms with Crippen LogP contribution in [0.1, 0.15) is 5.56 Å². The molecule has 2 rings (SSSR count). The van der Waals surface area contributed by atoms with Gasteiger partial charge in [-0.1, -0.05) is 23.2 Å². The van der Waals surface area contributed by atoms with Crippen molar-refractivity contribution in [3.63, 3.8) is 0 Å². The fraction of sp³-hybridized carbons (Fsp3) is 0. The Morgan fingerprint density at radius 2 is 2.05 bits per heavy atom. The molecule has 1 heterocycles. The number of rotatable bonds is 3. The Bertz CT molecular complexity index is 728. The Labute approximate surface area is 123 Å². The van der Waals surface area contributed by atoms with E-state index < -0.39 is 4.92 Å². The first-order chi connectivity index (χ1) is 9.51. The van der Waals surface area contributed by atoms with Crippen LogP contribution in [0.25, 0.3) is 0 Å². The normalized spacial score (nSPS) is 9.85. The maximum atomic E-state index is 10.6. The van der Waals surface area contributed by atoms with Gasteiger partial charge in [0, 0.05) is 12.1 Å². The molecule has 0 fully saturated rings. The van der Waals surface area contributed by atoms with E-state index in [0.717, 1.165) is 12.3 Å². The zero-order chi connectivity index (χ0) is 14.7. The molecule has 0 radical (unpaired) electrons. The summed E-state index contributed by atoms with van der Waals surface area (Å²) in [6, 6.07) is 7.39. The number of nitriles is 1. The molecule has 100 valence electrons. The Kier molecular flexibility index (Phi) is 4.03. The Hall–Kier alpha value is -2.36. The number of halogens is 2. The van der Waals surface area contributed by atoms with Crippen molar-refractivity contribution >= 4 is 28.9 Å². The second-order valence-corrected chi connectivity index (χ2v) is 4.41. The third-order valence-electron chi connectivity index (χ3n) is 2.27. The average Bonchev–Trinajstić information content (AvgIpc) is 2.43. The molecule has 0 bridgehead atoms. The van der Waals surface area contributed by atoms with Gasteiger partial charge < -0.3 is 4.74 Å². The Morgan fingerprint density at radius 1 is 1.30 bits per heavy atom. The molecular formula is C12H5Cl2N3O3. The molecule has 0 aliphatic heterocycles. The summed E-state index contributed by atoms with van der Waals surface area (Å²) in [5.41, 5.74) is -0.340. The molecule has 1 aromatic heterocycles. The lowest BCUT2D eigenvalue weighted by Crippen LogP contribution is -1.95. The van der Waals surface area contributed by atoms with E-state index in [4.69, 9.17) is 33.2 Å². The van der Waals surface area contributed by atoms with Gasteiger partial charge in [0.25, 0.3) is 5.69 Å². The maximum Gasteiger partial charge on any atom is 0.289 e. The van der Waals surface area contributed by atoms with E-state index >= 15 is 0 Å². The molecule has 8 heteroatoms. The number of ether oxygens (including phenoxy) is 1. The topological polar surface area (TPSA) is 89.0 Å². The van der Waals surface area contributed by atoms with Gasteiger partial charge >= 0.3 is 0 Å². The van der Waals surface area contributed by atoms with Gasteiger partial charge in [0.15, 0.2) is 0 Å². The van der Waals surface area contributed by atoms with Crippen LogP contribution in [-0.2, 0) is 0 Å². The van der Waals surface area contributed by atoms with Crippen LogP contribution in [0.15, 0.2) is 30.5 Å². The van der Waals surface area contributed by atoms with Gasteiger partial charge in [0.2, 0.25) is 5.88 Å². The molecule has 1 aromatic carbocycles. The summed E-state index contributed by atoms with van der Waals surface area (Å²) in [5, 5.41) is 20.2. The predicted octanol–water partition coefficient (Wildman–Crippen LogP) is 3.96. The number of hydrogen-bond donors (Lipinski definition) is 0. The van der Waals surface area contributed by atoms with E-state index in [-0.39, 0.29) is 22.2 Å². The minimum absolute atomic E-state index is 0.0449. The molecule has 0 saturated heterocycles. The fourth-order valence-electron chi connectivity index (χ4n) is 1.35. The average molecular weight is 310 g/mol. The number of benzene rings is 1. The van der Waals surface area contributed by atoms with Crippen LogP contribution in [0.3, 0.4) is 0 Å². The summed E-state index contributed by atoms with van der Waals surface area (Å²) in [4.78, 5) is 13.7. The molecule has 0 saturated carbocycles.